The third-order valence-corrected chi connectivity index (χ3v) is 3.44. The molecule has 0 heterocycles. The lowest BCUT2D eigenvalue weighted by Crippen LogP contribution is -2.12. The van der Waals surface area contributed by atoms with Crippen LogP contribution in [0.1, 0.15) is 0 Å². The van der Waals surface area contributed by atoms with Crippen molar-refractivity contribution < 1.29 is 9.90 Å². The second-order valence-corrected chi connectivity index (χ2v) is 3.92. The molecule has 3 rings (SSSR count). The topological polar surface area (TPSA) is 37.3 Å². The lowest BCUT2D eigenvalue weighted by molar-refractivity contribution is -0.117. The van der Waals surface area contributed by atoms with Crippen LogP contribution >= 0.6 is 0 Å². The molecule has 66 valence electrons. The molecule has 13 heavy (non-hydrogen) atoms. The summed E-state index contributed by atoms with van der Waals surface area (Å²) in [5.41, 5.74) is 0.595. The maximum atomic E-state index is 11.7. The number of rotatable bonds is 0. The average Bonchev–Trinajstić information content (AvgIpc) is 2.71. The highest BCUT2D eigenvalue weighted by molar-refractivity contribution is 6.02. The van der Waals surface area contributed by atoms with Crippen molar-refractivity contribution >= 4 is 5.78 Å². The van der Waals surface area contributed by atoms with Crippen LogP contribution in [0.2, 0.25) is 0 Å². The zero-order chi connectivity index (χ0) is 9.00. The first-order chi connectivity index (χ1) is 6.33. The van der Waals surface area contributed by atoms with Gasteiger partial charge in [0.2, 0.25) is 0 Å². The summed E-state index contributed by atoms with van der Waals surface area (Å²) in [6, 6.07) is 0. The monoisotopic (exact) mass is 174 g/mol. The minimum Gasteiger partial charge on any atom is -0.515 e. The molecule has 1 saturated carbocycles. The summed E-state index contributed by atoms with van der Waals surface area (Å²) in [5, 5.41) is 8.97. The van der Waals surface area contributed by atoms with Crippen LogP contribution in [0.15, 0.2) is 36.1 Å². The van der Waals surface area contributed by atoms with E-state index in [1.165, 1.54) is 0 Å². The zero-order valence-corrected chi connectivity index (χ0v) is 7.05. The highest BCUT2D eigenvalue weighted by atomic mass is 16.2. The van der Waals surface area contributed by atoms with Crippen LogP contribution in [0.25, 0.3) is 0 Å². The molecule has 0 saturated heterocycles. The first-order valence-corrected chi connectivity index (χ1v) is 4.58. The highest BCUT2D eigenvalue weighted by Crippen LogP contribution is 2.52. The van der Waals surface area contributed by atoms with Crippen molar-refractivity contribution in [1.29, 1.82) is 0 Å². The molecule has 1 fully saturated rings. The van der Waals surface area contributed by atoms with Crippen molar-refractivity contribution in [3.8, 4) is 0 Å². The molecule has 0 bridgehead atoms. The number of Topliss-reactive ketones (excluding diaryl/α,β-unsaturated/α-hetero) is 1. The van der Waals surface area contributed by atoms with E-state index >= 15 is 0 Å². The van der Waals surface area contributed by atoms with E-state index in [1.807, 2.05) is 6.08 Å². The number of aliphatic hydroxyl groups excluding tert-OH is 1. The number of carbonyl (C=O) groups is 1. The van der Waals surface area contributed by atoms with Crippen LogP contribution in [-0.4, -0.2) is 10.9 Å². The fraction of sp³-hybridized carbons (Fsp3) is 0.364. The van der Waals surface area contributed by atoms with Crippen LogP contribution in [0, 0.1) is 23.7 Å². The minimum absolute atomic E-state index is 0.0309. The molecule has 2 heteroatoms. The van der Waals surface area contributed by atoms with Gasteiger partial charge in [-0.05, 0) is 11.8 Å². The normalized spacial score (nSPS) is 48.0. The maximum absolute atomic E-state index is 11.7. The first kappa shape index (κ1) is 7.13. The number of hydrogen-bond acceptors (Lipinski definition) is 2. The van der Waals surface area contributed by atoms with Crippen molar-refractivity contribution in [3.63, 3.8) is 0 Å². The SMILES string of the molecule is O=C1/C(=C\O)[C@@H]2C=C[C@@H]3C=C[C@H]1[C@H]32. The number of aliphatic hydroxyl groups is 1. The third kappa shape index (κ3) is 0.671. The molecule has 0 amide bonds. The predicted octanol–water partition coefficient (Wildman–Crippen LogP) is 1.62. The Morgan fingerprint density at radius 3 is 2.54 bits per heavy atom. The predicted molar refractivity (Wildman–Crippen MR) is 48.0 cm³/mol. The molecule has 0 radical (unpaired) electrons. The summed E-state index contributed by atoms with van der Waals surface area (Å²) >= 11 is 0. The fourth-order valence-corrected chi connectivity index (χ4v) is 2.86. The Labute approximate surface area is 76.3 Å². The summed E-state index contributed by atoms with van der Waals surface area (Å²) in [6.45, 7) is 0. The molecule has 3 aliphatic rings. The first-order valence-electron chi connectivity index (χ1n) is 4.58. The molecule has 1 N–H and O–H groups in total. The molecule has 0 spiro atoms. The van der Waals surface area contributed by atoms with Crippen molar-refractivity contribution in [2.45, 2.75) is 0 Å². The molecule has 0 unspecified atom stereocenters. The van der Waals surface area contributed by atoms with E-state index in [2.05, 4.69) is 18.2 Å². The van der Waals surface area contributed by atoms with Gasteiger partial charge in [0.15, 0.2) is 5.78 Å². The summed E-state index contributed by atoms with van der Waals surface area (Å²) < 4.78 is 0. The van der Waals surface area contributed by atoms with Crippen LogP contribution in [-0.2, 0) is 4.79 Å². The third-order valence-electron chi connectivity index (χ3n) is 3.44. The quantitative estimate of drug-likeness (QED) is 0.344. The van der Waals surface area contributed by atoms with Crippen molar-refractivity contribution in [1.82, 2.24) is 0 Å². The molecular weight excluding hydrogens is 164 g/mol. The minimum atomic E-state index is 0.0309. The standard InChI is InChI=1S/C11H10O2/c12-5-9-7-3-1-6-2-4-8(10(6)7)11(9)13/h1-8,10,12H/b9-5-/t6-,7+,8+,10-/m1/s1. The highest BCUT2D eigenvalue weighted by Gasteiger charge is 2.51. The van der Waals surface area contributed by atoms with Gasteiger partial charge in [0.05, 0.1) is 6.26 Å². The van der Waals surface area contributed by atoms with Crippen LogP contribution in [0.4, 0.5) is 0 Å². The van der Waals surface area contributed by atoms with Crippen LogP contribution in [0.5, 0.6) is 0 Å². The molecular formula is C11H10O2. The van der Waals surface area contributed by atoms with Gasteiger partial charge in [0.1, 0.15) is 0 Å². The van der Waals surface area contributed by atoms with E-state index in [0.717, 1.165) is 6.26 Å². The van der Waals surface area contributed by atoms with Gasteiger partial charge in [0.25, 0.3) is 0 Å². The number of ketones is 1. The zero-order valence-electron chi connectivity index (χ0n) is 7.05. The van der Waals surface area contributed by atoms with Gasteiger partial charge in [-0.3, -0.25) is 4.79 Å². The number of carbonyl (C=O) groups excluding carboxylic acids is 1. The summed E-state index contributed by atoms with van der Waals surface area (Å²) in [6.07, 6.45) is 9.29. The average molecular weight is 174 g/mol. The maximum Gasteiger partial charge on any atom is 0.169 e. The smallest absolute Gasteiger partial charge is 0.169 e. The van der Waals surface area contributed by atoms with Gasteiger partial charge >= 0.3 is 0 Å². The largest absolute Gasteiger partial charge is 0.515 e. The molecule has 2 nitrogen and oxygen atoms in total. The van der Waals surface area contributed by atoms with Crippen LogP contribution in [0.3, 0.4) is 0 Å². The van der Waals surface area contributed by atoms with Crippen molar-refractivity contribution in [3.05, 3.63) is 36.1 Å². The van der Waals surface area contributed by atoms with Gasteiger partial charge < -0.3 is 5.11 Å². The molecule has 0 aromatic rings. The summed E-state index contributed by atoms with van der Waals surface area (Å²) in [7, 11) is 0. The lowest BCUT2D eigenvalue weighted by atomic mass is 9.89. The van der Waals surface area contributed by atoms with Gasteiger partial charge in [-0.2, -0.15) is 0 Å². The van der Waals surface area contributed by atoms with Gasteiger partial charge in [-0.15, -0.1) is 0 Å². The Hall–Kier alpha value is -1.31. The van der Waals surface area contributed by atoms with Gasteiger partial charge in [0, 0.05) is 17.4 Å². The Kier molecular flexibility index (Phi) is 1.17. The number of hydrogen-bond donors (Lipinski definition) is 1. The second-order valence-electron chi connectivity index (χ2n) is 3.92. The molecule has 0 aromatic carbocycles. The molecule has 0 aliphatic heterocycles. The Balaban J connectivity index is 2.14. The van der Waals surface area contributed by atoms with E-state index in [1.54, 1.807) is 0 Å². The summed E-state index contributed by atoms with van der Waals surface area (Å²) in [5.74, 6) is 1.12. The van der Waals surface area contributed by atoms with Crippen molar-refractivity contribution in [2.24, 2.45) is 23.7 Å². The van der Waals surface area contributed by atoms with E-state index in [-0.39, 0.29) is 17.6 Å². The van der Waals surface area contributed by atoms with Crippen LogP contribution < -0.4 is 0 Å². The lowest BCUT2D eigenvalue weighted by Gasteiger charge is -2.12. The molecule has 0 aromatic heterocycles. The van der Waals surface area contributed by atoms with Gasteiger partial charge in [-0.1, -0.05) is 24.3 Å². The number of allylic oxidation sites excluding steroid dienone is 5. The van der Waals surface area contributed by atoms with Gasteiger partial charge in [-0.25, -0.2) is 0 Å². The van der Waals surface area contributed by atoms with E-state index in [0.29, 0.717) is 17.4 Å². The molecule has 4 atom stereocenters. The summed E-state index contributed by atoms with van der Waals surface area (Å²) in [4.78, 5) is 11.7. The Morgan fingerprint density at radius 1 is 1.15 bits per heavy atom. The van der Waals surface area contributed by atoms with Crippen molar-refractivity contribution in [2.75, 3.05) is 0 Å². The van der Waals surface area contributed by atoms with E-state index in [4.69, 9.17) is 5.11 Å². The molecule has 3 aliphatic carbocycles. The Bertz CT molecular complexity index is 362. The Morgan fingerprint density at radius 2 is 1.85 bits per heavy atom. The van der Waals surface area contributed by atoms with E-state index in [9.17, 15) is 4.79 Å². The second kappa shape index (κ2) is 2.13. The fourth-order valence-electron chi connectivity index (χ4n) is 2.86. The van der Waals surface area contributed by atoms with E-state index < -0.39 is 0 Å².